The van der Waals surface area contributed by atoms with Crippen molar-refractivity contribution in [1.82, 2.24) is 5.32 Å². The number of allylic oxidation sites excluding steroid dienone is 3. The van der Waals surface area contributed by atoms with E-state index in [-0.39, 0.29) is 18.5 Å². The highest BCUT2D eigenvalue weighted by molar-refractivity contribution is 5.76. The van der Waals surface area contributed by atoms with E-state index in [0.29, 0.717) is 19.4 Å². The van der Waals surface area contributed by atoms with Crippen molar-refractivity contribution in [3.8, 4) is 0 Å². The van der Waals surface area contributed by atoms with Gasteiger partial charge in [0.2, 0.25) is 5.91 Å². The van der Waals surface area contributed by atoms with Gasteiger partial charge >= 0.3 is 5.97 Å². The summed E-state index contributed by atoms with van der Waals surface area (Å²) in [4.78, 5) is 24.6. The molecular formula is C86H167NO5. The number of aliphatic hydroxyl groups is 2. The fourth-order valence-corrected chi connectivity index (χ4v) is 13.7. The first-order valence-electron chi connectivity index (χ1n) is 42.6. The Hall–Kier alpha value is -1.66. The summed E-state index contributed by atoms with van der Waals surface area (Å²) in [6.45, 7) is 4.92. The van der Waals surface area contributed by atoms with Crippen molar-refractivity contribution in [3.63, 3.8) is 0 Å². The van der Waals surface area contributed by atoms with Crippen LogP contribution < -0.4 is 5.32 Å². The Labute approximate surface area is 577 Å². The lowest BCUT2D eigenvalue weighted by atomic mass is 10.0. The summed E-state index contributed by atoms with van der Waals surface area (Å²) in [5.41, 5.74) is 0. The molecule has 0 heterocycles. The largest absolute Gasteiger partial charge is 0.466 e. The number of ether oxygens (including phenoxy) is 1. The van der Waals surface area contributed by atoms with Crippen LogP contribution in [0.1, 0.15) is 489 Å². The lowest BCUT2D eigenvalue weighted by Crippen LogP contribution is -2.45. The molecule has 3 N–H and O–H groups in total. The van der Waals surface area contributed by atoms with E-state index in [1.807, 2.05) is 6.08 Å². The Kier molecular flexibility index (Phi) is 80.3. The maximum absolute atomic E-state index is 12.6. The van der Waals surface area contributed by atoms with Crippen LogP contribution >= 0.6 is 0 Å². The van der Waals surface area contributed by atoms with Crippen LogP contribution in [0.2, 0.25) is 0 Å². The zero-order valence-corrected chi connectivity index (χ0v) is 62.8. The summed E-state index contributed by atoms with van der Waals surface area (Å²) >= 11 is 0. The van der Waals surface area contributed by atoms with Gasteiger partial charge in [0.15, 0.2) is 0 Å². The summed E-state index contributed by atoms with van der Waals surface area (Å²) < 4.78 is 5.48. The first kappa shape index (κ1) is 90.3. The van der Waals surface area contributed by atoms with Crippen molar-refractivity contribution in [1.29, 1.82) is 0 Å². The van der Waals surface area contributed by atoms with Crippen molar-refractivity contribution in [3.05, 3.63) is 24.3 Å². The fourth-order valence-electron chi connectivity index (χ4n) is 13.7. The molecule has 0 aromatic rings. The van der Waals surface area contributed by atoms with Crippen molar-refractivity contribution in [2.45, 2.75) is 501 Å². The SMILES string of the molecule is CCCC/C=C\CCCCCCCC(=O)OCCCCCCCCCCCCCCCCCCCCCCCCCCCCCCCCCCCCCCCCCC(=O)NC(CO)C(O)/C=C/CCCCCCCCCCCCCCCCCCCCCCCCC. The molecule has 92 heavy (non-hydrogen) atoms. The summed E-state index contributed by atoms with van der Waals surface area (Å²) in [7, 11) is 0. The van der Waals surface area contributed by atoms with E-state index in [2.05, 4.69) is 31.3 Å². The van der Waals surface area contributed by atoms with E-state index in [1.165, 1.54) is 417 Å². The highest BCUT2D eigenvalue weighted by atomic mass is 16.5. The van der Waals surface area contributed by atoms with E-state index >= 15 is 0 Å². The molecule has 6 heteroatoms. The highest BCUT2D eigenvalue weighted by Crippen LogP contribution is 2.21. The first-order chi connectivity index (χ1) is 45.5. The number of carbonyl (C=O) groups is 2. The van der Waals surface area contributed by atoms with Crippen LogP contribution in [0.4, 0.5) is 0 Å². The highest BCUT2D eigenvalue weighted by Gasteiger charge is 2.18. The quantitative estimate of drug-likeness (QED) is 0.0320. The zero-order valence-electron chi connectivity index (χ0n) is 62.8. The molecule has 0 aliphatic rings. The minimum Gasteiger partial charge on any atom is -0.466 e. The lowest BCUT2D eigenvalue weighted by molar-refractivity contribution is -0.143. The molecule has 6 nitrogen and oxygen atoms in total. The summed E-state index contributed by atoms with van der Waals surface area (Å²) in [5, 5.41) is 23.3. The predicted molar refractivity (Wildman–Crippen MR) is 407 cm³/mol. The minimum atomic E-state index is -0.842. The molecule has 0 saturated carbocycles. The number of nitrogens with one attached hydrogen (secondary N) is 1. The second kappa shape index (κ2) is 81.8. The zero-order chi connectivity index (χ0) is 66.3. The van der Waals surface area contributed by atoms with Gasteiger partial charge in [-0.3, -0.25) is 9.59 Å². The monoisotopic (exact) mass is 1290 g/mol. The Balaban J connectivity index is 3.33. The van der Waals surface area contributed by atoms with Gasteiger partial charge in [-0.25, -0.2) is 0 Å². The fraction of sp³-hybridized carbons (Fsp3) is 0.930. The van der Waals surface area contributed by atoms with Gasteiger partial charge in [0.05, 0.1) is 25.4 Å². The molecule has 0 aromatic heterocycles. The van der Waals surface area contributed by atoms with Gasteiger partial charge < -0.3 is 20.3 Å². The third-order valence-electron chi connectivity index (χ3n) is 20.2. The van der Waals surface area contributed by atoms with Crippen molar-refractivity contribution in [2.24, 2.45) is 0 Å². The number of rotatable bonds is 81. The second-order valence-electron chi connectivity index (χ2n) is 29.5. The van der Waals surface area contributed by atoms with Gasteiger partial charge in [-0.2, -0.15) is 0 Å². The Bertz CT molecular complexity index is 1450. The molecule has 2 unspecified atom stereocenters. The molecule has 0 aliphatic carbocycles. The van der Waals surface area contributed by atoms with E-state index in [0.717, 1.165) is 44.9 Å². The molecule has 0 saturated heterocycles. The maximum Gasteiger partial charge on any atom is 0.305 e. The van der Waals surface area contributed by atoms with Gasteiger partial charge in [0, 0.05) is 12.8 Å². The van der Waals surface area contributed by atoms with Crippen molar-refractivity contribution < 1.29 is 24.5 Å². The average molecular weight is 1300 g/mol. The third kappa shape index (κ3) is 77.3. The molecule has 546 valence electrons. The van der Waals surface area contributed by atoms with Crippen LogP contribution in [0.5, 0.6) is 0 Å². The number of hydrogen-bond donors (Lipinski definition) is 3. The van der Waals surface area contributed by atoms with E-state index in [4.69, 9.17) is 4.74 Å². The molecule has 0 rings (SSSR count). The van der Waals surface area contributed by atoms with Gasteiger partial charge in [-0.1, -0.05) is 449 Å². The molecule has 0 radical (unpaired) electrons. The number of unbranched alkanes of at least 4 members (excludes halogenated alkanes) is 68. The number of hydrogen-bond acceptors (Lipinski definition) is 5. The minimum absolute atomic E-state index is 0.0136. The Morgan fingerprint density at radius 2 is 0.522 bits per heavy atom. The molecule has 2 atom stereocenters. The van der Waals surface area contributed by atoms with Crippen LogP contribution in [-0.2, 0) is 14.3 Å². The van der Waals surface area contributed by atoms with Gasteiger partial charge in [-0.15, -0.1) is 0 Å². The van der Waals surface area contributed by atoms with Crippen LogP contribution in [-0.4, -0.2) is 47.4 Å². The molecule has 0 bridgehead atoms. The smallest absolute Gasteiger partial charge is 0.305 e. The molecule has 1 amide bonds. The van der Waals surface area contributed by atoms with Crippen molar-refractivity contribution in [2.75, 3.05) is 13.2 Å². The van der Waals surface area contributed by atoms with Crippen LogP contribution in [0, 0.1) is 0 Å². The number of aliphatic hydroxyl groups excluding tert-OH is 2. The normalized spacial score (nSPS) is 12.5. The van der Waals surface area contributed by atoms with Gasteiger partial charge in [-0.05, 0) is 51.4 Å². The molecule has 0 spiro atoms. The Morgan fingerprint density at radius 1 is 0.293 bits per heavy atom. The van der Waals surface area contributed by atoms with Crippen LogP contribution in [0.25, 0.3) is 0 Å². The number of amides is 1. The van der Waals surface area contributed by atoms with Crippen LogP contribution in [0.15, 0.2) is 24.3 Å². The predicted octanol–water partition coefficient (Wildman–Crippen LogP) is 28.4. The molecular weight excluding hydrogens is 1130 g/mol. The summed E-state index contributed by atoms with van der Waals surface area (Å²) in [5.74, 6) is -0.0423. The number of carbonyl (C=O) groups excluding carboxylic acids is 2. The van der Waals surface area contributed by atoms with E-state index in [1.54, 1.807) is 6.08 Å². The Morgan fingerprint density at radius 3 is 0.804 bits per heavy atom. The molecule has 0 fully saturated rings. The van der Waals surface area contributed by atoms with Crippen molar-refractivity contribution >= 4 is 11.9 Å². The van der Waals surface area contributed by atoms with E-state index in [9.17, 15) is 19.8 Å². The maximum atomic E-state index is 12.6. The van der Waals surface area contributed by atoms with E-state index < -0.39 is 12.1 Å². The van der Waals surface area contributed by atoms with Gasteiger partial charge in [0.25, 0.3) is 0 Å². The summed E-state index contributed by atoms with van der Waals surface area (Å²) in [6, 6.07) is -0.624. The molecule has 0 aromatic carbocycles. The second-order valence-corrected chi connectivity index (χ2v) is 29.5. The molecule has 0 aliphatic heterocycles. The third-order valence-corrected chi connectivity index (χ3v) is 20.2. The van der Waals surface area contributed by atoms with Crippen LogP contribution in [0.3, 0.4) is 0 Å². The average Bonchev–Trinajstić information content (AvgIpc) is 3.77. The summed E-state index contributed by atoms with van der Waals surface area (Å²) in [6.07, 6.45) is 106. The topological polar surface area (TPSA) is 95.9 Å². The first-order valence-corrected chi connectivity index (χ1v) is 42.6. The lowest BCUT2D eigenvalue weighted by Gasteiger charge is -2.20. The standard InChI is InChI=1S/C86H167NO5/c1-3-5-7-9-11-13-15-16-17-18-19-20-21-37-40-43-46-49-52-55-59-62-66-70-74-78-84(89)83(82-88)87-85(90)79-75-71-67-63-60-56-53-50-47-44-41-38-35-33-31-29-27-25-23-22-24-26-28-30-32-34-36-39-42-45-48-51-54-57-61-65-69-73-77-81-92-86(91)80-76-72-68-64-58-14-12-10-8-6-4-2/h10,12,74,78,83-84,88-89H,3-9,11,13-73,75-77,79-82H2,1-2H3,(H,87,90)/b12-10-,78-74+. The number of esters is 1. The van der Waals surface area contributed by atoms with Gasteiger partial charge in [0.1, 0.15) is 0 Å².